The van der Waals surface area contributed by atoms with E-state index in [1.54, 1.807) is 12.1 Å². The van der Waals surface area contributed by atoms with Gasteiger partial charge in [-0.3, -0.25) is 9.69 Å². The molecule has 4 heterocycles. The molecule has 12 nitrogen and oxygen atoms in total. The molecular formula is C16H19N9O3. The van der Waals surface area contributed by atoms with Gasteiger partial charge < -0.3 is 10.2 Å². The number of carbonyl (C=O) groups is 1. The van der Waals surface area contributed by atoms with Crippen molar-refractivity contribution in [3.8, 4) is 5.82 Å². The van der Waals surface area contributed by atoms with Crippen LogP contribution in [0.4, 0.5) is 5.82 Å². The Hall–Kier alpha value is -3.54. The average molecular weight is 385 g/mol. The summed E-state index contributed by atoms with van der Waals surface area (Å²) in [7, 11) is 0. The van der Waals surface area contributed by atoms with E-state index >= 15 is 0 Å². The maximum atomic E-state index is 12.8. The number of hydrogen-bond donors (Lipinski definition) is 2. The lowest BCUT2D eigenvalue weighted by Crippen LogP contribution is -2.26. The summed E-state index contributed by atoms with van der Waals surface area (Å²) in [6, 6.07) is 3.55. The number of nitrogens with one attached hydrogen (secondary N) is 1. The third-order valence-corrected chi connectivity index (χ3v) is 4.34. The molecule has 0 atom stereocenters. The fourth-order valence-corrected chi connectivity index (χ4v) is 3.02. The Morgan fingerprint density at radius 2 is 2.18 bits per heavy atom. The number of aryl methyl sites for hydroxylation is 1. The molecule has 1 aliphatic rings. The van der Waals surface area contributed by atoms with Gasteiger partial charge in [-0.1, -0.05) is 5.21 Å². The molecule has 28 heavy (non-hydrogen) atoms. The van der Waals surface area contributed by atoms with E-state index in [-0.39, 0.29) is 17.3 Å². The highest BCUT2D eigenvalue weighted by molar-refractivity contribution is 5.94. The van der Waals surface area contributed by atoms with Crippen molar-refractivity contribution in [1.29, 1.82) is 0 Å². The zero-order valence-corrected chi connectivity index (χ0v) is 15.2. The van der Waals surface area contributed by atoms with Crippen molar-refractivity contribution >= 4 is 17.9 Å². The van der Waals surface area contributed by atoms with Crippen molar-refractivity contribution in [3.05, 3.63) is 35.0 Å². The van der Waals surface area contributed by atoms with Crippen LogP contribution in [0.15, 0.2) is 26.3 Å². The van der Waals surface area contributed by atoms with Gasteiger partial charge in [-0.25, -0.2) is 10.1 Å². The first kappa shape index (κ1) is 17.9. The molecule has 3 aromatic rings. The van der Waals surface area contributed by atoms with Crippen molar-refractivity contribution in [2.45, 2.75) is 26.3 Å². The Kier molecular flexibility index (Phi) is 4.85. The van der Waals surface area contributed by atoms with Crippen molar-refractivity contribution in [1.82, 2.24) is 35.6 Å². The predicted molar refractivity (Wildman–Crippen MR) is 96.6 cm³/mol. The quantitative estimate of drug-likeness (QED) is 0.456. The highest BCUT2D eigenvalue weighted by atomic mass is 16.6. The van der Waals surface area contributed by atoms with Crippen LogP contribution in [0.25, 0.3) is 5.82 Å². The predicted octanol–water partition coefficient (Wildman–Crippen LogP) is 0.494. The van der Waals surface area contributed by atoms with Gasteiger partial charge in [0.25, 0.3) is 5.91 Å². The third-order valence-electron chi connectivity index (χ3n) is 4.34. The lowest BCUT2D eigenvalue weighted by molar-refractivity contribution is 0.0945. The number of anilines is 1. The van der Waals surface area contributed by atoms with Gasteiger partial charge in [0.1, 0.15) is 17.2 Å². The molecule has 3 aromatic heterocycles. The van der Waals surface area contributed by atoms with E-state index in [9.17, 15) is 4.79 Å². The zero-order chi connectivity index (χ0) is 19.5. The highest BCUT2D eigenvalue weighted by Crippen LogP contribution is 2.19. The van der Waals surface area contributed by atoms with E-state index in [0.717, 1.165) is 31.7 Å². The lowest BCUT2D eigenvalue weighted by Gasteiger charge is -2.13. The van der Waals surface area contributed by atoms with Gasteiger partial charge in [0.15, 0.2) is 5.69 Å². The Morgan fingerprint density at radius 1 is 1.36 bits per heavy atom. The molecule has 12 heteroatoms. The Balaban J connectivity index is 1.60. The second-order valence-corrected chi connectivity index (χ2v) is 6.40. The van der Waals surface area contributed by atoms with Crippen LogP contribution in [0.3, 0.4) is 0 Å². The molecule has 0 saturated carbocycles. The molecule has 146 valence electrons. The molecule has 1 amide bonds. The average Bonchev–Trinajstić information content (AvgIpc) is 3.44. The molecule has 1 aliphatic heterocycles. The maximum Gasteiger partial charge on any atom is 0.292 e. The summed E-state index contributed by atoms with van der Waals surface area (Å²) in [5.74, 6) is 0.849. The van der Waals surface area contributed by atoms with Gasteiger partial charge in [-0.05, 0) is 55.3 Å². The molecule has 0 aliphatic carbocycles. The number of carbonyl (C=O) groups excluding carboxylic acids is 1. The molecule has 1 saturated heterocycles. The monoisotopic (exact) mass is 385 g/mol. The van der Waals surface area contributed by atoms with E-state index in [1.807, 2.05) is 6.92 Å². The number of aromatic nitrogens is 5. The largest absolute Gasteiger partial charge is 0.460 e. The van der Waals surface area contributed by atoms with Crippen LogP contribution in [0.1, 0.15) is 40.5 Å². The zero-order valence-electron chi connectivity index (χ0n) is 15.2. The van der Waals surface area contributed by atoms with E-state index < -0.39 is 5.91 Å². The van der Waals surface area contributed by atoms with E-state index in [4.69, 9.17) is 10.2 Å². The SMILES string of the molecule is Cc1ccc(/C=N/NC(=O)c2c(CN3CCCC3)nnn2-c2nonc2N)o1. The lowest BCUT2D eigenvalue weighted by atomic mass is 10.3. The van der Waals surface area contributed by atoms with Crippen LogP contribution in [0.5, 0.6) is 0 Å². The van der Waals surface area contributed by atoms with Gasteiger partial charge >= 0.3 is 0 Å². The maximum absolute atomic E-state index is 12.8. The number of amides is 1. The molecule has 0 spiro atoms. The number of likely N-dealkylation sites (tertiary alicyclic amines) is 1. The standard InChI is InChI=1S/C16H19N9O3/c1-10-4-5-11(27-10)8-18-20-16(26)13-12(9-24-6-2-3-7-24)19-23-25(13)15-14(17)21-28-22-15/h4-5,8H,2-3,6-7,9H2,1H3,(H2,17,21)(H,20,26)/b18-8+. The van der Waals surface area contributed by atoms with E-state index in [0.29, 0.717) is 18.0 Å². The minimum absolute atomic E-state index is 0.00114. The van der Waals surface area contributed by atoms with Crippen LogP contribution in [0.2, 0.25) is 0 Å². The number of nitrogens with zero attached hydrogens (tertiary/aromatic N) is 7. The van der Waals surface area contributed by atoms with Gasteiger partial charge in [0.05, 0.1) is 6.21 Å². The Bertz CT molecular complexity index is 997. The van der Waals surface area contributed by atoms with Crippen LogP contribution in [-0.4, -0.2) is 55.4 Å². The highest BCUT2D eigenvalue weighted by Gasteiger charge is 2.26. The summed E-state index contributed by atoms with van der Waals surface area (Å²) >= 11 is 0. The van der Waals surface area contributed by atoms with Crippen molar-refractivity contribution in [3.63, 3.8) is 0 Å². The summed E-state index contributed by atoms with van der Waals surface area (Å²) in [6.45, 7) is 4.19. The molecule has 0 unspecified atom stereocenters. The van der Waals surface area contributed by atoms with E-state index in [1.165, 1.54) is 10.9 Å². The second-order valence-electron chi connectivity index (χ2n) is 6.40. The smallest absolute Gasteiger partial charge is 0.292 e. The van der Waals surface area contributed by atoms with Crippen molar-refractivity contribution in [2.75, 3.05) is 18.8 Å². The molecular weight excluding hydrogens is 366 g/mol. The summed E-state index contributed by atoms with van der Waals surface area (Å²) < 4.78 is 11.2. The fourth-order valence-electron chi connectivity index (χ4n) is 3.02. The number of nitrogen functional groups attached to an aromatic ring is 1. The van der Waals surface area contributed by atoms with Crippen LogP contribution >= 0.6 is 0 Å². The van der Waals surface area contributed by atoms with Crippen molar-refractivity contribution in [2.24, 2.45) is 5.10 Å². The minimum atomic E-state index is -0.513. The first-order valence-corrected chi connectivity index (χ1v) is 8.77. The normalized spacial score (nSPS) is 14.9. The Morgan fingerprint density at radius 3 is 2.86 bits per heavy atom. The van der Waals surface area contributed by atoms with E-state index in [2.05, 4.69) is 40.7 Å². The summed E-state index contributed by atoms with van der Waals surface area (Å²) in [5.41, 5.74) is 8.87. The summed E-state index contributed by atoms with van der Waals surface area (Å²) in [4.78, 5) is 15.0. The van der Waals surface area contributed by atoms with Crippen LogP contribution in [0, 0.1) is 6.92 Å². The van der Waals surface area contributed by atoms with Crippen LogP contribution < -0.4 is 11.2 Å². The van der Waals surface area contributed by atoms with Gasteiger partial charge in [0.2, 0.25) is 11.6 Å². The number of hydrogen-bond acceptors (Lipinski definition) is 10. The number of furan rings is 1. The number of nitrogens with two attached hydrogens (primary N) is 1. The topological polar surface area (TPSA) is 153 Å². The molecule has 0 radical (unpaired) electrons. The number of rotatable bonds is 6. The summed E-state index contributed by atoms with van der Waals surface area (Å²) in [5, 5.41) is 19.3. The van der Waals surface area contributed by atoms with Crippen LogP contribution in [-0.2, 0) is 6.54 Å². The van der Waals surface area contributed by atoms with Gasteiger partial charge in [-0.2, -0.15) is 9.78 Å². The number of hydrazone groups is 1. The second kappa shape index (κ2) is 7.60. The Labute approximate surface area is 159 Å². The first-order chi connectivity index (χ1) is 13.6. The van der Waals surface area contributed by atoms with Gasteiger partial charge in [-0.15, -0.1) is 5.10 Å². The molecule has 3 N–H and O–H groups in total. The minimum Gasteiger partial charge on any atom is -0.460 e. The third kappa shape index (κ3) is 3.62. The summed E-state index contributed by atoms with van der Waals surface area (Å²) in [6.07, 6.45) is 3.64. The molecule has 4 rings (SSSR count). The molecule has 0 aromatic carbocycles. The molecule has 1 fully saturated rings. The first-order valence-electron chi connectivity index (χ1n) is 8.77. The molecule has 0 bridgehead atoms. The van der Waals surface area contributed by atoms with Gasteiger partial charge in [0, 0.05) is 6.54 Å². The fraction of sp³-hybridized carbons (Fsp3) is 0.375. The van der Waals surface area contributed by atoms with Crippen molar-refractivity contribution < 1.29 is 13.8 Å².